The third-order valence-corrected chi connectivity index (χ3v) is 4.85. The van der Waals surface area contributed by atoms with Gasteiger partial charge in [0.25, 0.3) is 5.91 Å². The summed E-state index contributed by atoms with van der Waals surface area (Å²) in [4.78, 5) is 16.5. The first kappa shape index (κ1) is 19.6. The van der Waals surface area contributed by atoms with Crippen LogP contribution in [0.2, 0.25) is 0 Å². The summed E-state index contributed by atoms with van der Waals surface area (Å²) in [7, 11) is 0. The lowest BCUT2D eigenvalue weighted by Gasteiger charge is -2.10. The van der Waals surface area contributed by atoms with E-state index in [2.05, 4.69) is 10.3 Å². The molecule has 0 bridgehead atoms. The van der Waals surface area contributed by atoms with Crippen LogP contribution in [-0.4, -0.2) is 10.9 Å². The first-order chi connectivity index (χ1) is 14.4. The van der Waals surface area contributed by atoms with Gasteiger partial charge in [-0.2, -0.15) is 13.2 Å². The molecule has 0 fully saturated rings. The van der Waals surface area contributed by atoms with Gasteiger partial charge in [0, 0.05) is 23.9 Å². The summed E-state index contributed by atoms with van der Waals surface area (Å²) in [6.07, 6.45) is -3.30. The molecule has 1 amide bonds. The van der Waals surface area contributed by atoms with Crippen LogP contribution >= 0.6 is 0 Å². The smallest absolute Gasteiger partial charge is 0.348 e. The van der Waals surface area contributed by atoms with Crippen LogP contribution < -0.4 is 5.32 Å². The fraction of sp³-hybridized carbons (Fsp3) is 0.0833. The molecule has 0 saturated heterocycles. The Balaban J connectivity index is 1.48. The van der Waals surface area contributed by atoms with Crippen LogP contribution in [0.4, 0.5) is 13.2 Å². The lowest BCUT2D eigenvalue weighted by Crippen LogP contribution is -2.22. The average molecular weight is 406 g/mol. The fourth-order valence-corrected chi connectivity index (χ4v) is 3.28. The number of halogens is 3. The minimum atomic E-state index is -4.43. The molecule has 0 radical (unpaired) electrons. The Kier molecular flexibility index (Phi) is 5.23. The van der Waals surface area contributed by atoms with Gasteiger partial charge in [0.1, 0.15) is 0 Å². The number of amides is 1. The Labute approximate surface area is 171 Å². The van der Waals surface area contributed by atoms with E-state index in [0.717, 1.165) is 34.7 Å². The Morgan fingerprint density at radius 1 is 0.900 bits per heavy atom. The van der Waals surface area contributed by atoms with Gasteiger partial charge in [0.2, 0.25) is 0 Å². The maximum absolute atomic E-state index is 12.9. The lowest BCUT2D eigenvalue weighted by atomic mass is 10.0. The van der Waals surface area contributed by atoms with Gasteiger partial charge in [-0.15, -0.1) is 0 Å². The van der Waals surface area contributed by atoms with Gasteiger partial charge < -0.3 is 5.32 Å². The summed E-state index contributed by atoms with van der Waals surface area (Å²) in [5, 5.41) is 5.07. The van der Waals surface area contributed by atoms with E-state index >= 15 is 0 Å². The largest absolute Gasteiger partial charge is 0.416 e. The molecule has 0 aliphatic rings. The van der Waals surface area contributed by atoms with Gasteiger partial charge in [-0.3, -0.25) is 9.78 Å². The number of benzene rings is 3. The minimum Gasteiger partial charge on any atom is -0.348 e. The van der Waals surface area contributed by atoms with E-state index in [-0.39, 0.29) is 11.6 Å². The van der Waals surface area contributed by atoms with Crippen molar-refractivity contribution in [2.75, 3.05) is 0 Å². The predicted molar refractivity (Wildman–Crippen MR) is 110 cm³/mol. The fourth-order valence-electron chi connectivity index (χ4n) is 3.28. The molecule has 1 aromatic heterocycles. The molecular formula is C24H17F3N2O. The molecule has 0 spiro atoms. The zero-order valence-corrected chi connectivity index (χ0v) is 15.8. The van der Waals surface area contributed by atoms with Gasteiger partial charge in [-0.25, -0.2) is 0 Å². The Morgan fingerprint density at radius 2 is 1.63 bits per heavy atom. The number of aromatic nitrogens is 1. The molecule has 0 aliphatic heterocycles. The number of carbonyl (C=O) groups is 1. The molecule has 0 atom stereocenters. The predicted octanol–water partition coefficient (Wildman–Crippen LogP) is 5.85. The van der Waals surface area contributed by atoms with Crippen LogP contribution in [0.5, 0.6) is 0 Å². The number of hydrogen-bond acceptors (Lipinski definition) is 2. The molecule has 4 rings (SSSR count). The number of nitrogens with one attached hydrogen (secondary N) is 1. The molecule has 1 heterocycles. The van der Waals surface area contributed by atoms with Crippen LogP contribution in [0, 0.1) is 0 Å². The van der Waals surface area contributed by atoms with Crippen molar-refractivity contribution in [2.45, 2.75) is 12.7 Å². The zero-order valence-electron chi connectivity index (χ0n) is 15.8. The summed E-state index contributed by atoms with van der Waals surface area (Å²) in [5.41, 5.74) is 1.38. The van der Waals surface area contributed by atoms with Gasteiger partial charge in [-0.1, -0.05) is 54.6 Å². The quantitative estimate of drug-likeness (QED) is 0.462. The lowest BCUT2D eigenvalue weighted by molar-refractivity contribution is -0.137. The molecule has 1 N–H and O–H groups in total. The van der Waals surface area contributed by atoms with Gasteiger partial charge in [0.15, 0.2) is 0 Å². The van der Waals surface area contributed by atoms with E-state index in [1.165, 1.54) is 0 Å². The number of pyridine rings is 1. The monoisotopic (exact) mass is 406 g/mol. The second-order valence-electron chi connectivity index (χ2n) is 6.83. The summed E-state index contributed by atoms with van der Waals surface area (Å²) < 4.78 is 38.7. The van der Waals surface area contributed by atoms with Crippen LogP contribution in [0.25, 0.3) is 22.0 Å². The van der Waals surface area contributed by atoms with Crippen molar-refractivity contribution in [1.82, 2.24) is 10.3 Å². The second-order valence-corrected chi connectivity index (χ2v) is 6.83. The highest BCUT2D eigenvalue weighted by atomic mass is 19.4. The highest BCUT2D eigenvalue weighted by Crippen LogP contribution is 2.31. The van der Waals surface area contributed by atoms with E-state index in [1.807, 2.05) is 42.5 Å². The topological polar surface area (TPSA) is 42.0 Å². The van der Waals surface area contributed by atoms with Gasteiger partial charge in [0.05, 0.1) is 11.3 Å². The van der Waals surface area contributed by atoms with Crippen LogP contribution in [0.1, 0.15) is 21.5 Å². The zero-order chi connectivity index (χ0) is 21.1. The SMILES string of the molecule is O=C(NCc1cccc2ccccc12)c1ccc(-c2cc(C(F)(F)F)ccn2)cc1. The molecule has 3 nitrogen and oxygen atoms in total. The summed E-state index contributed by atoms with van der Waals surface area (Å²) in [5.74, 6) is -0.258. The van der Waals surface area contributed by atoms with E-state index < -0.39 is 11.7 Å². The molecule has 0 aliphatic carbocycles. The first-order valence-corrected chi connectivity index (χ1v) is 9.30. The van der Waals surface area contributed by atoms with Crippen molar-refractivity contribution in [2.24, 2.45) is 0 Å². The maximum atomic E-state index is 12.9. The maximum Gasteiger partial charge on any atom is 0.416 e. The molecule has 0 saturated carbocycles. The third kappa shape index (κ3) is 4.17. The normalized spacial score (nSPS) is 11.4. The standard InChI is InChI=1S/C24H17F3N2O/c25-24(26,27)20-12-13-28-22(14-20)17-8-10-18(11-9-17)23(30)29-15-19-6-3-5-16-4-1-2-7-21(16)19/h1-14H,15H2,(H,29,30). The van der Waals surface area contributed by atoms with Crippen LogP contribution in [-0.2, 0) is 12.7 Å². The summed E-state index contributed by atoms with van der Waals surface area (Å²) >= 11 is 0. The van der Waals surface area contributed by atoms with Crippen molar-refractivity contribution in [3.05, 3.63) is 102 Å². The van der Waals surface area contributed by atoms with Gasteiger partial charge in [-0.05, 0) is 40.6 Å². The van der Waals surface area contributed by atoms with E-state index in [4.69, 9.17) is 0 Å². The van der Waals surface area contributed by atoms with Crippen molar-refractivity contribution in [3.8, 4) is 11.3 Å². The van der Waals surface area contributed by atoms with Crippen molar-refractivity contribution in [1.29, 1.82) is 0 Å². The molecular weight excluding hydrogens is 389 g/mol. The van der Waals surface area contributed by atoms with Crippen LogP contribution in [0.3, 0.4) is 0 Å². The van der Waals surface area contributed by atoms with E-state index in [0.29, 0.717) is 17.7 Å². The van der Waals surface area contributed by atoms with E-state index in [1.54, 1.807) is 24.3 Å². The Bertz CT molecular complexity index is 1200. The second kappa shape index (κ2) is 7.99. The third-order valence-electron chi connectivity index (χ3n) is 4.85. The van der Waals surface area contributed by atoms with Crippen molar-refractivity contribution < 1.29 is 18.0 Å². The first-order valence-electron chi connectivity index (χ1n) is 9.30. The number of alkyl halides is 3. The summed E-state index contributed by atoms with van der Waals surface area (Å²) in [6.45, 7) is 0.372. The number of carbonyl (C=O) groups excluding carboxylic acids is 1. The molecule has 4 aromatic rings. The van der Waals surface area contributed by atoms with Crippen molar-refractivity contribution >= 4 is 16.7 Å². The molecule has 0 unspecified atom stereocenters. The molecule has 6 heteroatoms. The number of fused-ring (bicyclic) bond motifs is 1. The van der Waals surface area contributed by atoms with Crippen molar-refractivity contribution in [3.63, 3.8) is 0 Å². The van der Waals surface area contributed by atoms with E-state index in [9.17, 15) is 18.0 Å². The highest BCUT2D eigenvalue weighted by Gasteiger charge is 2.30. The number of hydrogen-bond donors (Lipinski definition) is 1. The number of nitrogens with zero attached hydrogens (tertiary/aromatic N) is 1. The molecule has 3 aromatic carbocycles. The molecule has 150 valence electrons. The highest BCUT2D eigenvalue weighted by molar-refractivity contribution is 5.95. The Morgan fingerprint density at radius 3 is 2.40 bits per heavy atom. The Hall–Kier alpha value is -3.67. The molecule has 30 heavy (non-hydrogen) atoms. The minimum absolute atomic E-state index is 0.201. The van der Waals surface area contributed by atoms with Gasteiger partial charge >= 0.3 is 6.18 Å². The van der Waals surface area contributed by atoms with Crippen LogP contribution in [0.15, 0.2) is 85.1 Å². The summed E-state index contributed by atoms with van der Waals surface area (Å²) in [6, 6.07) is 22.1. The average Bonchev–Trinajstić information content (AvgIpc) is 2.77. The number of rotatable bonds is 4.